The van der Waals surface area contributed by atoms with E-state index in [0.717, 1.165) is 18.8 Å². The molecular weight excluding hydrogens is 284 g/mol. The molecule has 3 atom stereocenters. The summed E-state index contributed by atoms with van der Waals surface area (Å²) in [5, 5.41) is 10.7. The van der Waals surface area contributed by atoms with E-state index in [1.807, 2.05) is 20.8 Å². The summed E-state index contributed by atoms with van der Waals surface area (Å²) in [6.07, 6.45) is 0. The minimum absolute atomic E-state index is 0.0218. The van der Waals surface area contributed by atoms with Crippen molar-refractivity contribution in [2.45, 2.75) is 26.4 Å². The Balaban J connectivity index is 1.58. The Morgan fingerprint density at radius 2 is 1.77 bits per heavy atom. The number of benzene rings is 1. The Hall–Kier alpha value is -2.11. The summed E-state index contributed by atoms with van der Waals surface area (Å²) in [5.41, 5.74) is 0.631. The van der Waals surface area contributed by atoms with E-state index >= 15 is 0 Å². The van der Waals surface area contributed by atoms with E-state index in [1.54, 1.807) is 12.1 Å². The zero-order valence-corrected chi connectivity index (χ0v) is 13.0. The van der Waals surface area contributed by atoms with Gasteiger partial charge in [0.1, 0.15) is 5.60 Å². The molecule has 1 unspecified atom stereocenters. The van der Waals surface area contributed by atoms with Crippen LogP contribution in [0.1, 0.15) is 20.8 Å². The lowest BCUT2D eigenvalue weighted by atomic mass is 10.2. The quantitative estimate of drug-likeness (QED) is 0.487. The molecule has 0 aromatic heterocycles. The van der Waals surface area contributed by atoms with Crippen molar-refractivity contribution in [1.29, 1.82) is 0 Å². The average Bonchev–Trinajstić information content (AvgIpc) is 2.93. The fourth-order valence-corrected chi connectivity index (χ4v) is 3.24. The first-order valence-electron chi connectivity index (χ1n) is 7.48. The maximum absolute atomic E-state index is 12.1. The van der Waals surface area contributed by atoms with Crippen molar-refractivity contribution in [2.24, 2.45) is 17.8 Å². The van der Waals surface area contributed by atoms with Crippen LogP contribution in [0, 0.1) is 27.9 Å². The van der Waals surface area contributed by atoms with Gasteiger partial charge in [-0.1, -0.05) is 0 Å². The van der Waals surface area contributed by atoms with Crippen LogP contribution in [0.2, 0.25) is 0 Å². The van der Waals surface area contributed by atoms with Gasteiger partial charge in [0.25, 0.3) is 5.69 Å². The number of rotatable bonds is 3. The number of fused-ring (bicyclic) bond motifs is 1. The molecule has 1 aromatic rings. The van der Waals surface area contributed by atoms with Crippen molar-refractivity contribution in [3.05, 3.63) is 34.4 Å². The Kier molecular flexibility index (Phi) is 3.34. The lowest BCUT2D eigenvalue weighted by Crippen LogP contribution is -2.30. The molecule has 0 radical (unpaired) electrons. The molecule has 22 heavy (non-hydrogen) atoms. The van der Waals surface area contributed by atoms with Gasteiger partial charge in [0.15, 0.2) is 0 Å². The van der Waals surface area contributed by atoms with Crippen LogP contribution in [0.15, 0.2) is 24.3 Å². The van der Waals surface area contributed by atoms with Gasteiger partial charge in [-0.2, -0.15) is 0 Å². The van der Waals surface area contributed by atoms with E-state index in [4.69, 9.17) is 4.74 Å². The summed E-state index contributed by atoms with van der Waals surface area (Å²) in [6, 6.07) is 6.58. The van der Waals surface area contributed by atoms with Gasteiger partial charge in [0.2, 0.25) is 0 Å². The third kappa shape index (κ3) is 2.77. The minimum Gasteiger partial charge on any atom is -0.460 e. The van der Waals surface area contributed by atoms with Crippen LogP contribution in [0.25, 0.3) is 0 Å². The highest BCUT2D eigenvalue weighted by Crippen LogP contribution is 2.53. The lowest BCUT2D eigenvalue weighted by molar-refractivity contribution is -0.384. The van der Waals surface area contributed by atoms with E-state index < -0.39 is 10.5 Å². The van der Waals surface area contributed by atoms with E-state index in [0.29, 0.717) is 11.8 Å². The van der Waals surface area contributed by atoms with Crippen LogP contribution in [0.4, 0.5) is 11.4 Å². The number of hydrogen-bond acceptors (Lipinski definition) is 5. The van der Waals surface area contributed by atoms with Gasteiger partial charge < -0.3 is 9.64 Å². The maximum atomic E-state index is 12.1. The predicted molar refractivity (Wildman–Crippen MR) is 81.6 cm³/mol. The normalized spacial score (nSPS) is 26.5. The van der Waals surface area contributed by atoms with Gasteiger partial charge >= 0.3 is 5.97 Å². The molecular formula is C16H20N2O4. The molecule has 0 spiro atoms. The van der Waals surface area contributed by atoms with Crippen LogP contribution in [0.5, 0.6) is 0 Å². The molecule has 0 amide bonds. The SMILES string of the molecule is CC(C)(C)OC(=O)C1[C@H]2CN(c3ccc([N+](=O)[O-])cc3)C[C@@H]12. The second kappa shape index (κ2) is 4.97. The third-order valence-electron chi connectivity index (χ3n) is 4.30. The molecule has 6 nitrogen and oxygen atoms in total. The number of nitro groups is 1. The van der Waals surface area contributed by atoms with Crippen LogP contribution >= 0.6 is 0 Å². The number of hydrogen-bond donors (Lipinski definition) is 0. The molecule has 0 N–H and O–H groups in total. The largest absolute Gasteiger partial charge is 0.460 e. The van der Waals surface area contributed by atoms with E-state index in [1.165, 1.54) is 12.1 Å². The standard InChI is InChI=1S/C16H20N2O4/c1-16(2,3)22-15(19)14-12-8-17(9-13(12)14)10-4-6-11(7-5-10)18(20)21/h4-7,12-14H,8-9H2,1-3H3/t12-,13+,14?. The summed E-state index contributed by atoms with van der Waals surface area (Å²) >= 11 is 0. The Morgan fingerprint density at radius 3 is 2.23 bits per heavy atom. The van der Waals surface area contributed by atoms with Gasteiger partial charge in [0, 0.05) is 30.9 Å². The number of anilines is 1. The van der Waals surface area contributed by atoms with Crippen molar-refractivity contribution in [1.82, 2.24) is 0 Å². The van der Waals surface area contributed by atoms with Crippen molar-refractivity contribution in [3.63, 3.8) is 0 Å². The Morgan fingerprint density at radius 1 is 1.23 bits per heavy atom. The first kappa shape index (κ1) is 14.8. The molecule has 1 saturated carbocycles. The van der Waals surface area contributed by atoms with Gasteiger partial charge in [-0.25, -0.2) is 0 Å². The lowest BCUT2D eigenvalue weighted by Gasteiger charge is -2.23. The molecule has 1 aliphatic carbocycles. The maximum Gasteiger partial charge on any atom is 0.310 e. The van der Waals surface area contributed by atoms with Crippen molar-refractivity contribution < 1.29 is 14.5 Å². The van der Waals surface area contributed by atoms with Gasteiger partial charge in [-0.3, -0.25) is 14.9 Å². The van der Waals surface area contributed by atoms with Crippen molar-refractivity contribution >= 4 is 17.3 Å². The highest BCUT2D eigenvalue weighted by atomic mass is 16.6. The predicted octanol–water partition coefficient (Wildman–Crippen LogP) is 2.62. The zero-order valence-electron chi connectivity index (χ0n) is 13.0. The average molecular weight is 304 g/mol. The van der Waals surface area contributed by atoms with E-state index in [-0.39, 0.29) is 17.6 Å². The van der Waals surface area contributed by atoms with Crippen LogP contribution in [-0.4, -0.2) is 29.6 Å². The summed E-state index contributed by atoms with van der Waals surface area (Å²) in [5.74, 6) is 0.634. The molecule has 6 heteroatoms. The molecule has 3 rings (SSSR count). The smallest absolute Gasteiger partial charge is 0.310 e. The molecule has 1 heterocycles. The number of esters is 1. The topological polar surface area (TPSA) is 72.7 Å². The number of carbonyl (C=O) groups is 1. The highest BCUT2D eigenvalue weighted by molar-refractivity contribution is 5.78. The van der Waals surface area contributed by atoms with Crippen LogP contribution < -0.4 is 4.90 Å². The van der Waals surface area contributed by atoms with Crippen LogP contribution in [0.3, 0.4) is 0 Å². The molecule has 118 valence electrons. The summed E-state index contributed by atoms with van der Waals surface area (Å²) in [6.45, 7) is 7.27. The third-order valence-corrected chi connectivity index (χ3v) is 4.30. The molecule has 0 bridgehead atoms. The molecule has 2 fully saturated rings. The fourth-order valence-electron chi connectivity index (χ4n) is 3.24. The van der Waals surface area contributed by atoms with Crippen LogP contribution in [-0.2, 0) is 9.53 Å². The molecule has 1 saturated heterocycles. The van der Waals surface area contributed by atoms with E-state index in [2.05, 4.69) is 4.90 Å². The second-order valence-corrected chi connectivity index (χ2v) is 7.07. The first-order valence-corrected chi connectivity index (χ1v) is 7.48. The Labute approximate surface area is 129 Å². The summed E-state index contributed by atoms with van der Waals surface area (Å²) in [4.78, 5) is 24.5. The molecule has 2 aliphatic rings. The number of non-ortho nitro benzene ring substituents is 1. The molecule has 1 aliphatic heterocycles. The second-order valence-electron chi connectivity index (χ2n) is 7.07. The minimum atomic E-state index is -0.438. The summed E-state index contributed by atoms with van der Waals surface area (Å²) < 4.78 is 5.45. The number of nitrogens with zero attached hydrogens (tertiary/aromatic N) is 2. The Bertz CT molecular complexity index is 594. The number of nitro benzene ring substituents is 1. The highest BCUT2D eigenvalue weighted by Gasteiger charge is 2.60. The fraction of sp³-hybridized carbons (Fsp3) is 0.562. The summed E-state index contributed by atoms with van der Waals surface area (Å²) in [7, 11) is 0. The van der Waals surface area contributed by atoms with Crippen molar-refractivity contribution in [3.8, 4) is 0 Å². The van der Waals surface area contributed by atoms with Gasteiger partial charge in [-0.15, -0.1) is 0 Å². The monoisotopic (exact) mass is 304 g/mol. The van der Waals surface area contributed by atoms with Crippen molar-refractivity contribution in [2.75, 3.05) is 18.0 Å². The van der Waals surface area contributed by atoms with E-state index in [9.17, 15) is 14.9 Å². The van der Waals surface area contributed by atoms with Gasteiger partial charge in [0.05, 0.1) is 10.8 Å². The number of piperidine rings is 1. The molecule has 1 aromatic carbocycles. The zero-order chi connectivity index (χ0) is 16.1. The number of carbonyl (C=O) groups excluding carboxylic acids is 1. The van der Waals surface area contributed by atoms with Gasteiger partial charge in [-0.05, 0) is 44.7 Å². The first-order chi connectivity index (χ1) is 10.3. The number of ether oxygens (including phenoxy) is 1.